The fourth-order valence-electron chi connectivity index (χ4n) is 2.62. The van der Waals surface area contributed by atoms with Gasteiger partial charge in [-0.1, -0.05) is 23.7 Å². The molecule has 2 aliphatic rings. The van der Waals surface area contributed by atoms with Gasteiger partial charge in [-0.05, 0) is 19.1 Å². The van der Waals surface area contributed by atoms with Crippen LogP contribution in [-0.2, 0) is 4.79 Å². The Morgan fingerprint density at radius 1 is 1.08 bits per heavy atom. The zero-order chi connectivity index (χ0) is 16.7. The van der Waals surface area contributed by atoms with E-state index in [1.165, 1.54) is 0 Å². The standard InChI is InChI=1S/C17H14ClNO5/c1-9-16(24-13-5-3-2-4-12(13)23-9)17(20)19-11-7-15-14(6-10(11)18)21-8-22-15/h2-7,9,16H,8H2,1H3,(H,19,20)/t9-,16+/m0/s1. The molecule has 2 aromatic rings. The van der Waals surface area contributed by atoms with Crippen molar-refractivity contribution in [1.82, 2.24) is 0 Å². The highest BCUT2D eigenvalue weighted by Gasteiger charge is 2.34. The lowest BCUT2D eigenvalue weighted by Gasteiger charge is -2.31. The first-order chi connectivity index (χ1) is 11.6. The van der Waals surface area contributed by atoms with E-state index >= 15 is 0 Å². The molecular formula is C17H14ClNO5. The monoisotopic (exact) mass is 347 g/mol. The number of fused-ring (bicyclic) bond motifs is 2. The average Bonchev–Trinajstić information content (AvgIpc) is 3.01. The van der Waals surface area contributed by atoms with Crippen LogP contribution in [0.5, 0.6) is 23.0 Å². The third-order valence-corrected chi connectivity index (χ3v) is 4.13. The number of carbonyl (C=O) groups is 1. The summed E-state index contributed by atoms with van der Waals surface area (Å²) in [7, 11) is 0. The van der Waals surface area contributed by atoms with E-state index in [1.807, 2.05) is 12.1 Å². The van der Waals surface area contributed by atoms with Gasteiger partial charge in [-0.3, -0.25) is 4.79 Å². The van der Waals surface area contributed by atoms with Crippen molar-refractivity contribution < 1.29 is 23.7 Å². The Hall–Kier alpha value is -2.60. The van der Waals surface area contributed by atoms with Crippen LogP contribution in [0, 0.1) is 0 Å². The normalized spacial score (nSPS) is 20.6. The zero-order valence-corrected chi connectivity index (χ0v) is 13.5. The van der Waals surface area contributed by atoms with Gasteiger partial charge in [-0.15, -0.1) is 0 Å². The molecule has 2 atom stereocenters. The Morgan fingerprint density at radius 3 is 2.50 bits per heavy atom. The van der Waals surface area contributed by atoms with Gasteiger partial charge in [0.05, 0.1) is 10.7 Å². The van der Waals surface area contributed by atoms with Crippen molar-refractivity contribution in [1.29, 1.82) is 0 Å². The SMILES string of the molecule is C[C@@H]1Oc2ccccc2O[C@H]1C(=O)Nc1cc2c(cc1Cl)OCO2. The van der Waals surface area contributed by atoms with Crippen LogP contribution in [0.25, 0.3) is 0 Å². The Balaban J connectivity index is 1.55. The number of amides is 1. The van der Waals surface area contributed by atoms with E-state index < -0.39 is 12.2 Å². The molecule has 2 aliphatic heterocycles. The molecule has 0 unspecified atom stereocenters. The second-order valence-electron chi connectivity index (χ2n) is 5.48. The van der Waals surface area contributed by atoms with E-state index in [2.05, 4.69) is 5.32 Å². The quantitative estimate of drug-likeness (QED) is 0.903. The second-order valence-corrected chi connectivity index (χ2v) is 5.89. The summed E-state index contributed by atoms with van der Waals surface area (Å²) in [6.45, 7) is 1.91. The molecule has 6 nitrogen and oxygen atoms in total. The summed E-state index contributed by atoms with van der Waals surface area (Å²) in [5.41, 5.74) is 0.431. The molecular weight excluding hydrogens is 334 g/mol. The number of para-hydroxylation sites is 2. The number of hydrogen-bond acceptors (Lipinski definition) is 5. The van der Waals surface area contributed by atoms with Crippen LogP contribution in [0.15, 0.2) is 36.4 Å². The number of carbonyl (C=O) groups excluding carboxylic acids is 1. The van der Waals surface area contributed by atoms with Crippen molar-refractivity contribution >= 4 is 23.2 Å². The molecule has 0 radical (unpaired) electrons. The molecule has 0 saturated carbocycles. The Bertz CT molecular complexity index is 810. The molecule has 1 N–H and O–H groups in total. The van der Waals surface area contributed by atoms with Crippen molar-refractivity contribution in [2.24, 2.45) is 0 Å². The van der Waals surface area contributed by atoms with Crippen LogP contribution in [0.1, 0.15) is 6.92 Å². The lowest BCUT2D eigenvalue weighted by atomic mass is 10.1. The van der Waals surface area contributed by atoms with Gasteiger partial charge >= 0.3 is 0 Å². The molecule has 1 amide bonds. The first-order valence-electron chi connectivity index (χ1n) is 7.44. The summed E-state index contributed by atoms with van der Waals surface area (Å²) in [6, 6.07) is 10.5. The van der Waals surface area contributed by atoms with E-state index in [0.717, 1.165) is 0 Å². The molecule has 0 bridgehead atoms. The van der Waals surface area contributed by atoms with E-state index in [-0.39, 0.29) is 12.7 Å². The van der Waals surface area contributed by atoms with E-state index in [1.54, 1.807) is 31.2 Å². The highest BCUT2D eigenvalue weighted by atomic mass is 35.5. The maximum absolute atomic E-state index is 12.6. The van der Waals surface area contributed by atoms with E-state index in [9.17, 15) is 4.79 Å². The minimum Gasteiger partial charge on any atom is -0.482 e. The minimum atomic E-state index is -0.790. The fraction of sp³-hybridized carbons (Fsp3) is 0.235. The Labute approximate surface area is 143 Å². The van der Waals surface area contributed by atoms with Gasteiger partial charge in [0.1, 0.15) is 6.10 Å². The summed E-state index contributed by atoms with van der Waals surface area (Å²) in [5.74, 6) is 1.90. The summed E-state index contributed by atoms with van der Waals surface area (Å²) in [6.07, 6.45) is -1.23. The van der Waals surface area contributed by atoms with E-state index in [4.69, 9.17) is 30.5 Å². The van der Waals surface area contributed by atoms with Gasteiger partial charge in [-0.25, -0.2) is 0 Å². The van der Waals surface area contributed by atoms with Crippen LogP contribution in [0.3, 0.4) is 0 Å². The van der Waals surface area contributed by atoms with E-state index in [0.29, 0.717) is 33.7 Å². The topological polar surface area (TPSA) is 66.0 Å². The maximum atomic E-state index is 12.6. The van der Waals surface area contributed by atoms with Gasteiger partial charge in [0, 0.05) is 12.1 Å². The van der Waals surface area contributed by atoms with Crippen LogP contribution in [-0.4, -0.2) is 24.9 Å². The largest absolute Gasteiger partial charge is 0.482 e. The highest BCUT2D eigenvalue weighted by molar-refractivity contribution is 6.34. The minimum absolute atomic E-state index is 0.135. The molecule has 24 heavy (non-hydrogen) atoms. The maximum Gasteiger partial charge on any atom is 0.269 e. The Morgan fingerprint density at radius 2 is 1.75 bits per heavy atom. The molecule has 4 rings (SSSR count). The molecule has 2 aromatic carbocycles. The van der Waals surface area contributed by atoms with Gasteiger partial charge in [-0.2, -0.15) is 0 Å². The van der Waals surface area contributed by atoms with Crippen molar-refractivity contribution in [2.45, 2.75) is 19.1 Å². The molecule has 0 aromatic heterocycles. The van der Waals surface area contributed by atoms with Crippen LogP contribution in [0.2, 0.25) is 5.02 Å². The number of hydrogen-bond donors (Lipinski definition) is 1. The molecule has 124 valence electrons. The molecule has 0 fully saturated rings. The Kier molecular flexibility index (Phi) is 3.61. The molecule has 7 heteroatoms. The number of ether oxygens (including phenoxy) is 4. The third-order valence-electron chi connectivity index (χ3n) is 3.82. The van der Waals surface area contributed by atoms with Gasteiger partial charge < -0.3 is 24.3 Å². The number of benzene rings is 2. The first-order valence-corrected chi connectivity index (χ1v) is 7.82. The molecule has 0 saturated heterocycles. The number of nitrogens with one attached hydrogen (secondary N) is 1. The van der Waals surface area contributed by atoms with Gasteiger partial charge in [0.2, 0.25) is 12.9 Å². The second kappa shape index (κ2) is 5.79. The summed E-state index contributed by atoms with van der Waals surface area (Å²) < 4.78 is 22.1. The van der Waals surface area contributed by atoms with Crippen molar-refractivity contribution in [3.63, 3.8) is 0 Å². The van der Waals surface area contributed by atoms with Gasteiger partial charge in [0.15, 0.2) is 23.0 Å². The predicted octanol–water partition coefficient (Wildman–Crippen LogP) is 3.24. The smallest absolute Gasteiger partial charge is 0.269 e. The van der Waals surface area contributed by atoms with Gasteiger partial charge in [0.25, 0.3) is 5.91 Å². The summed E-state index contributed by atoms with van der Waals surface area (Å²) >= 11 is 6.19. The average molecular weight is 348 g/mol. The van der Waals surface area contributed by atoms with Crippen molar-refractivity contribution in [3.8, 4) is 23.0 Å². The summed E-state index contributed by atoms with van der Waals surface area (Å²) in [4.78, 5) is 12.6. The van der Waals surface area contributed by atoms with Crippen LogP contribution >= 0.6 is 11.6 Å². The zero-order valence-electron chi connectivity index (χ0n) is 12.7. The lowest BCUT2D eigenvalue weighted by molar-refractivity contribution is -0.128. The number of halogens is 1. The highest BCUT2D eigenvalue weighted by Crippen LogP contribution is 2.39. The van der Waals surface area contributed by atoms with Crippen molar-refractivity contribution in [3.05, 3.63) is 41.4 Å². The van der Waals surface area contributed by atoms with Crippen LogP contribution in [0.4, 0.5) is 5.69 Å². The number of rotatable bonds is 2. The van der Waals surface area contributed by atoms with Crippen LogP contribution < -0.4 is 24.3 Å². The molecule has 0 spiro atoms. The molecule has 2 heterocycles. The summed E-state index contributed by atoms with van der Waals surface area (Å²) in [5, 5.41) is 3.12. The van der Waals surface area contributed by atoms with Crippen molar-refractivity contribution in [2.75, 3.05) is 12.1 Å². The predicted molar refractivity (Wildman–Crippen MR) is 87.2 cm³/mol. The number of anilines is 1. The first kappa shape index (κ1) is 15.0. The lowest BCUT2D eigenvalue weighted by Crippen LogP contribution is -2.46. The fourth-order valence-corrected chi connectivity index (χ4v) is 2.82. The third kappa shape index (κ3) is 2.59. The molecule has 0 aliphatic carbocycles.